The number of carbonyl (C=O) groups is 3. The molecule has 1 aliphatic rings. The van der Waals surface area contributed by atoms with Gasteiger partial charge in [-0.05, 0) is 53.8 Å². The molecular formula is C27H23F3N2O4. The highest BCUT2D eigenvalue weighted by atomic mass is 19.4. The predicted molar refractivity (Wildman–Crippen MR) is 125 cm³/mol. The number of esters is 1. The molecular weight excluding hydrogens is 473 g/mol. The predicted octanol–water partition coefficient (Wildman–Crippen LogP) is 4.99. The van der Waals surface area contributed by atoms with Crippen molar-refractivity contribution < 1.29 is 32.3 Å². The van der Waals surface area contributed by atoms with Crippen LogP contribution in [0.2, 0.25) is 0 Å². The Morgan fingerprint density at radius 1 is 1.00 bits per heavy atom. The van der Waals surface area contributed by atoms with Crippen molar-refractivity contribution in [2.24, 2.45) is 5.73 Å². The first-order valence-corrected chi connectivity index (χ1v) is 11.2. The summed E-state index contributed by atoms with van der Waals surface area (Å²) in [4.78, 5) is 39.7. The second-order valence-corrected chi connectivity index (χ2v) is 8.48. The standard InChI is InChI=1S/C27H23F3N2O4/c1-16(33)36-23-10-6-5-9-20(23)26(35)32(24(25(31)34)18-7-3-2-4-8-18)22-14-12-17-11-13-19(15-21(17)22)27(28,29)30/h2-11,13,15,22,24H,12,14H2,1H3,(H2,31,34)/t22-,24?/m1/s1. The van der Waals surface area contributed by atoms with Crippen molar-refractivity contribution in [3.63, 3.8) is 0 Å². The number of hydrogen-bond acceptors (Lipinski definition) is 4. The highest BCUT2D eigenvalue weighted by Crippen LogP contribution is 2.44. The second-order valence-electron chi connectivity index (χ2n) is 8.48. The summed E-state index contributed by atoms with van der Waals surface area (Å²) in [5.41, 5.74) is 6.28. The molecule has 0 fully saturated rings. The molecule has 2 N–H and O–H groups in total. The van der Waals surface area contributed by atoms with Crippen molar-refractivity contribution in [1.82, 2.24) is 4.90 Å². The molecule has 2 atom stereocenters. The van der Waals surface area contributed by atoms with E-state index in [4.69, 9.17) is 10.5 Å². The number of alkyl halides is 3. The summed E-state index contributed by atoms with van der Waals surface area (Å²) in [6.45, 7) is 1.18. The fraction of sp³-hybridized carbons (Fsp3) is 0.222. The Labute approximate surface area is 205 Å². The zero-order valence-electron chi connectivity index (χ0n) is 19.3. The van der Waals surface area contributed by atoms with Crippen molar-refractivity contribution in [2.45, 2.75) is 38.0 Å². The van der Waals surface area contributed by atoms with Gasteiger partial charge in [0.15, 0.2) is 0 Å². The molecule has 2 amide bonds. The van der Waals surface area contributed by atoms with Gasteiger partial charge in [-0.3, -0.25) is 14.4 Å². The van der Waals surface area contributed by atoms with Crippen LogP contribution in [0.1, 0.15) is 58.0 Å². The van der Waals surface area contributed by atoms with Gasteiger partial charge in [0.25, 0.3) is 5.91 Å². The van der Waals surface area contributed by atoms with Crippen molar-refractivity contribution in [3.8, 4) is 5.75 Å². The zero-order valence-corrected chi connectivity index (χ0v) is 19.3. The zero-order chi connectivity index (χ0) is 26.0. The Morgan fingerprint density at radius 2 is 1.67 bits per heavy atom. The van der Waals surface area contributed by atoms with Crippen LogP contribution in [0.5, 0.6) is 5.75 Å². The van der Waals surface area contributed by atoms with Crippen LogP contribution in [0.15, 0.2) is 72.8 Å². The Morgan fingerprint density at radius 3 is 2.31 bits per heavy atom. The number of nitrogens with zero attached hydrogens (tertiary/aromatic N) is 1. The van der Waals surface area contributed by atoms with Gasteiger partial charge < -0.3 is 15.4 Å². The quantitative estimate of drug-likeness (QED) is 0.385. The van der Waals surface area contributed by atoms with E-state index in [0.717, 1.165) is 12.1 Å². The second kappa shape index (κ2) is 9.85. The number of carbonyl (C=O) groups excluding carboxylic acids is 3. The summed E-state index contributed by atoms with van der Waals surface area (Å²) in [5, 5.41) is 0. The monoisotopic (exact) mass is 496 g/mol. The van der Waals surface area contributed by atoms with Gasteiger partial charge in [0.05, 0.1) is 17.2 Å². The van der Waals surface area contributed by atoms with Gasteiger partial charge in [-0.25, -0.2) is 0 Å². The lowest BCUT2D eigenvalue weighted by molar-refractivity contribution is -0.137. The van der Waals surface area contributed by atoms with Crippen LogP contribution in [0.4, 0.5) is 13.2 Å². The van der Waals surface area contributed by atoms with Gasteiger partial charge in [0.2, 0.25) is 5.91 Å². The molecule has 1 unspecified atom stereocenters. The van der Waals surface area contributed by atoms with Crippen LogP contribution >= 0.6 is 0 Å². The summed E-state index contributed by atoms with van der Waals surface area (Å²) in [5.74, 6) is -2.23. The van der Waals surface area contributed by atoms with Crippen molar-refractivity contribution in [1.29, 1.82) is 0 Å². The first-order chi connectivity index (χ1) is 17.1. The molecule has 0 bridgehead atoms. The highest BCUT2D eigenvalue weighted by molar-refractivity contribution is 6.00. The fourth-order valence-corrected chi connectivity index (χ4v) is 4.61. The molecule has 0 radical (unpaired) electrons. The van der Waals surface area contributed by atoms with Gasteiger partial charge in [0.1, 0.15) is 11.8 Å². The van der Waals surface area contributed by atoms with E-state index in [1.807, 2.05) is 0 Å². The third kappa shape index (κ3) is 4.95. The molecule has 1 aliphatic carbocycles. The van der Waals surface area contributed by atoms with Crippen LogP contribution in [0, 0.1) is 0 Å². The Balaban J connectivity index is 1.90. The van der Waals surface area contributed by atoms with Crippen LogP contribution in [0.25, 0.3) is 0 Å². The topological polar surface area (TPSA) is 89.7 Å². The molecule has 0 heterocycles. The number of ether oxygens (including phenoxy) is 1. The number of amides is 2. The number of rotatable bonds is 6. The number of halogens is 3. The Hall–Kier alpha value is -4.14. The van der Waals surface area contributed by atoms with Gasteiger partial charge in [-0.1, -0.05) is 48.5 Å². The lowest BCUT2D eigenvalue weighted by atomic mass is 9.97. The van der Waals surface area contributed by atoms with E-state index in [0.29, 0.717) is 23.1 Å². The van der Waals surface area contributed by atoms with E-state index in [1.165, 1.54) is 30.0 Å². The minimum Gasteiger partial charge on any atom is -0.426 e. The Bertz CT molecular complexity index is 1310. The summed E-state index contributed by atoms with van der Waals surface area (Å²) in [6, 6.07) is 15.6. The normalized spacial score (nSPS) is 15.6. The molecule has 0 saturated heterocycles. The third-order valence-electron chi connectivity index (χ3n) is 6.12. The average Bonchev–Trinajstić information content (AvgIpc) is 3.24. The summed E-state index contributed by atoms with van der Waals surface area (Å²) in [7, 11) is 0. The smallest absolute Gasteiger partial charge is 0.416 e. The largest absolute Gasteiger partial charge is 0.426 e. The highest BCUT2D eigenvalue weighted by Gasteiger charge is 2.41. The molecule has 0 aromatic heterocycles. The van der Waals surface area contributed by atoms with Crippen molar-refractivity contribution in [3.05, 3.63) is 101 Å². The van der Waals surface area contributed by atoms with Crippen LogP contribution in [-0.2, 0) is 22.2 Å². The van der Waals surface area contributed by atoms with Gasteiger partial charge >= 0.3 is 12.1 Å². The van der Waals surface area contributed by atoms with Crippen LogP contribution in [-0.4, -0.2) is 22.7 Å². The molecule has 0 saturated carbocycles. The fourth-order valence-electron chi connectivity index (χ4n) is 4.61. The summed E-state index contributed by atoms with van der Waals surface area (Å²) >= 11 is 0. The minimum atomic E-state index is -4.58. The number of aryl methyl sites for hydroxylation is 1. The maximum Gasteiger partial charge on any atom is 0.416 e. The third-order valence-corrected chi connectivity index (χ3v) is 6.12. The average molecular weight is 496 g/mol. The first kappa shape index (κ1) is 25.0. The summed E-state index contributed by atoms with van der Waals surface area (Å²) < 4.78 is 45.8. The molecule has 0 spiro atoms. The number of nitrogens with two attached hydrogens (primary N) is 1. The molecule has 36 heavy (non-hydrogen) atoms. The lowest BCUT2D eigenvalue weighted by Crippen LogP contribution is -2.43. The molecule has 3 aromatic rings. The number of primary amides is 1. The molecule has 186 valence electrons. The van der Waals surface area contributed by atoms with Gasteiger partial charge in [0, 0.05) is 6.92 Å². The molecule has 0 aliphatic heterocycles. The molecule has 9 heteroatoms. The van der Waals surface area contributed by atoms with E-state index in [1.54, 1.807) is 42.5 Å². The van der Waals surface area contributed by atoms with Crippen LogP contribution < -0.4 is 10.5 Å². The van der Waals surface area contributed by atoms with E-state index in [2.05, 4.69) is 0 Å². The number of fused-ring (bicyclic) bond motifs is 1. The minimum absolute atomic E-state index is 0.0182. The number of benzene rings is 3. The number of hydrogen-bond donors (Lipinski definition) is 1. The molecule has 3 aromatic carbocycles. The number of para-hydroxylation sites is 1. The van der Waals surface area contributed by atoms with Crippen LogP contribution in [0.3, 0.4) is 0 Å². The van der Waals surface area contributed by atoms with E-state index >= 15 is 0 Å². The molecule has 4 rings (SSSR count). The van der Waals surface area contributed by atoms with E-state index in [9.17, 15) is 27.6 Å². The SMILES string of the molecule is CC(=O)Oc1ccccc1C(=O)N(C(C(N)=O)c1ccccc1)[C@@H]1CCc2ccc(C(F)(F)F)cc21. The summed E-state index contributed by atoms with van der Waals surface area (Å²) in [6.07, 6.45) is -3.88. The van der Waals surface area contributed by atoms with Gasteiger partial charge in [-0.2, -0.15) is 13.2 Å². The maximum atomic E-state index is 14.0. The van der Waals surface area contributed by atoms with E-state index < -0.39 is 41.6 Å². The maximum absolute atomic E-state index is 14.0. The van der Waals surface area contributed by atoms with E-state index in [-0.39, 0.29) is 17.7 Å². The first-order valence-electron chi connectivity index (χ1n) is 11.2. The lowest BCUT2D eigenvalue weighted by Gasteiger charge is -2.36. The van der Waals surface area contributed by atoms with Gasteiger partial charge in [-0.15, -0.1) is 0 Å². The van der Waals surface area contributed by atoms with Crippen molar-refractivity contribution in [2.75, 3.05) is 0 Å². The molecule has 6 nitrogen and oxygen atoms in total. The Kier molecular flexibility index (Phi) is 6.83. The van der Waals surface area contributed by atoms with Crippen molar-refractivity contribution >= 4 is 17.8 Å².